The van der Waals surface area contributed by atoms with Crippen LogP contribution in [-0.4, -0.2) is 16.1 Å². The summed E-state index contributed by atoms with van der Waals surface area (Å²) in [7, 11) is 0. The summed E-state index contributed by atoms with van der Waals surface area (Å²) >= 11 is 0. The van der Waals surface area contributed by atoms with Crippen LogP contribution >= 0.6 is 0 Å². The number of nitrogens with zero attached hydrogens (tertiary/aromatic N) is 2. The molecule has 2 aromatic rings. The molecular formula is C15H15N3O. The summed E-state index contributed by atoms with van der Waals surface area (Å²) in [6, 6.07) is 7.86. The molecule has 1 aromatic carbocycles. The summed E-state index contributed by atoms with van der Waals surface area (Å²) in [6.07, 6.45) is 8.33. The van der Waals surface area contributed by atoms with E-state index < -0.39 is 0 Å². The molecule has 1 N–H and O–H groups in total. The Morgan fingerprint density at radius 2 is 2.16 bits per heavy atom. The molecule has 1 saturated carbocycles. The Balaban J connectivity index is 1.87. The molecule has 4 heteroatoms. The molecule has 0 saturated heterocycles. The Kier molecular flexibility index (Phi) is 3.20. The van der Waals surface area contributed by atoms with Gasteiger partial charge in [-0.15, -0.1) is 0 Å². The smallest absolute Gasteiger partial charge is 0.137 e. The monoisotopic (exact) mass is 253 g/mol. The summed E-state index contributed by atoms with van der Waals surface area (Å²) < 4.78 is 5.92. The first kappa shape index (κ1) is 11.8. The Morgan fingerprint density at radius 1 is 1.32 bits per heavy atom. The van der Waals surface area contributed by atoms with E-state index in [0.29, 0.717) is 11.3 Å². The summed E-state index contributed by atoms with van der Waals surface area (Å²) in [5.74, 6) is 0.689. The maximum absolute atomic E-state index is 9.26. The fraction of sp³-hybridized carbons (Fsp3) is 0.333. The maximum atomic E-state index is 9.26. The van der Waals surface area contributed by atoms with Gasteiger partial charge >= 0.3 is 0 Å². The molecule has 1 heterocycles. The van der Waals surface area contributed by atoms with E-state index in [1.54, 1.807) is 6.33 Å². The van der Waals surface area contributed by atoms with Gasteiger partial charge in [0.05, 0.1) is 23.7 Å². The third kappa shape index (κ3) is 2.45. The van der Waals surface area contributed by atoms with Crippen LogP contribution in [0.3, 0.4) is 0 Å². The van der Waals surface area contributed by atoms with E-state index in [-0.39, 0.29) is 6.10 Å². The van der Waals surface area contributed by atoms with Crippen LogP contribution in [0.1, 0.15) is 31.2 Å². The molecule has 1 aliphatic rings. The van der Waals surface area contributed by atoms with Crippen LogP contribution in [0.4, 0.5) is 0 Å². The van der Waals surface area contributed by atoms with Crippen LogP contribution in [0.25, 0.3) is 11.3 Å². The molecule has 1 fully saturated rings. The van der Waals surface area contributed by atoms with Crippen LogP contribution in [-0.2, 0) is 0 Å². The third-order valence-electron chi connectivity index (χ3n) is 3.49. The quantitative estimate of drug-likeness (QED) is 0.913. The van der Waals surface area contributed by atoms with Crippen molar-refractivity contribution in [3.8, 4) is 23.1 Å². The van der Waals surface area contributed by atoms with Gasteiger partial charge in [-0.1, -0.05) is 0 Å². The van der Waals surface area contributed by atoms with Gasteiger partial charge in [-0.2, -0.15) is 5.26 Å². The van der Waals surface area contributed by atoms with Gasteiger partial charge in [0.2, 0.25) is 0 Å². The highest BCUT2D eigenvalue weighted by atomic mass is 16.5. The number of hydrogen-bond acceptors (Lipinski definition) is 3. The molecule has 0 unspecified atom stereocenters. The van der Waals surface area contributed by atoms with Crippen LogP contribution in [0.2, 0.25) is 0 Å². The number of nitriles is 1. The molecule has 0 atom stereocenters. The Bertz CT molecular complexity index is 592. The van der Waals surface area contributed by atoms with Crippen molar-refractivity contribution in [2.24, 2.45) is 0 Å². The number of benzene rings is 1. The average Bonchev–Trinajstić information content (AvgIpc) is 3.12. The predicted molar refractivity (Wildman–Crippen MR) is 71.6 cm³/mol. The van der Waals surface area contributed by atoms with Gasteiger partial charge in [0.1, 0.15) is 11.8 Å². The molecule has 0 bridgehead atoms. The first-order chi connectivity index (χ1) is 9.36. The van der Waals surface area contributed by atoms with E-state index in [0.717, 1.165) is 24.1 Å². The summed E-state index contributed by atoms with van der Waals surface area (Å²) in [6.45, 7) is 0. The molecule has 1 aliphatic carbocycles. The molecule has 19 heavy (non-hydrogen) atoms. The lowest BCUT2D eigenvalue weighted by atomic mass is 10.1. The second kappa shape index (κ2) is 5.15. The Morgan fingerprint density at radius 3 is 2.84 bits per heavy atom. The van der Waals surface area contributed by atoms with Gasteiger partial charge in [0.15, 0.2) is 0 Å². The number of nitrogens with one attached hydrogen (secondary N) is 1. The number of imidazole rings is 1. The average molecular weight is 253 g/mol. The van der Waals surface area contributed by atoms with E-state index in [2.05, 4.69) is 16.0 Å². The van der Waals surface area contributed by atoms with E-state index in [4.69, 9.17) is 4.74 Å². The molecule has 4 nitrogen and oxygen atoms in total. The molecule has 0 aliphatic heterocycles. The zero-order valence-electron chi connectivity index (χ0n) is 10.6. The summed E-state index contributed by atoms with van der Waals surface area (Å²) in [5.41, 5.74) is 2.34. The highest BCUT2D eigenvalue weighted by Gasteiger charge is 2.18. The largest absolute Gasteiger partial charge is 0.489 e. The van der Waals surface area contributed by atoms with Gasteiger partial charge in [-0.05, 0) is 43.9 Å². The SMILES string of the molecule is N#Cc1cc(-c2c[nH]cn2)ccc1OC1CCCC1. The van der Waals surface area contributed by atoms with Crippen molar-refractivity contribution in [2.75, 3.05) is 0 Å². The molecule has 0 amide bonds. The van der Waals surface area contributed by atoms with Crippen molar-refractivity contribution < 1.29 is 4.74 Å². The lowest BCUT2D eigenvalue weighted by Crippen LogP contribution is -2.11. The molecular weight excluding hydrogens is 238 g/mol. The fourth-order valence-corrected chi connectivity index (χ4v) is 2.48. The minimum atomic E-state index is 0.267. The van der Waals surface area contributed by atoms with Crippen LogP contribution in [0.15, 0.2) is 30.7 Å². The first-order valence-electron chi connectivity index (χ1n) is 6.57. The molecule has 0 spiro atoms. The second-order valence-corrected chi connectivity index (χ2v) is 4.80. The van der Waals surface area contributed by atoms with Crippen molar-refractivity contribution in [2.45, 2.75) is 31.8 Å². The lowest BCUT2D eigenvalue weighted by Gasteiger charge is -2.14. The number of rotatable bonds is 3. The van der Waals surface area contributed by atoms with E-state index in [1.165, 1.54) is 12.8 Å². The predicted octanol–water partition coefficient (Wildman–Crippen LogP) is 3.27. The van der Waals surface area contributed by atoms with E-state index >= 15 is 0 Å². The topological polar surface area (TPSA) is 61.7 Å². The van der Waals surface area contributed by atoms with E-state index in [9.17, 15) is 5.26 Å². The summed E-state index contributed by atoms with van der Waals surface area (Å²) in [5, 5.41) is 9.26. The Labute approximate surface area is 112 Å². The number of aromatic nitrogens is 2. The minimum absolute atomic E-state index is 0.267. The second-order valence-electron chi connectivity index (χ2n) is 4.80. The normalized spacial score (nSPS) is 15.3. The zero-order chi connectivity index (χ0) is 13.1. The fourth-order valence-electron chi connectivity index (χ4n) is 2.48. The molecule has 96 valence electrons. The van der Waals surface area contributed by atoms with Crippen LogP contribution < -0.4 is 4.74 Å². The van der Waals surface area contributed by atoms with Gasteiger partial charge < -0.3 is 9.72 Å². The third-order valence-corrected chi connectivity index (χ3v) is 3.49. The molecule has 3 rings (SSSR count). The summed E-state index contributed by atoms with van der Waals surface area (Å²) in [4.78, 5) is 7.10. The molecule has 1 aromatic heterocycles. The van der Waals surface area contributed by atoms with Crippen LogP contribution in [0.5, 0.6) is 5.75 Å². The number of aromatic amines is 1. The van der Waals surface area contributed by atoms with Crippen molar-refractivity contribution >= 4 is 0 Å². The number of ether oxygens (including phenoxy) is 1. The molecule has 0 radical (unpaired) electrons. The number of hydrogen-bond donors (Lipinski definition) is 1. The standard InChI is InChI=1S/C15H15N3O/c16-8-12-7-11(14-9-17-10-18-14)5-6-15(12)19-13-3-1-2-4-13/h5-7,9-10,13H,1-4H2,(H,17,18). The van der Waals surface area contributed by atoms with Gasteiger partial charge in [0, 0.05) is 11.8 Å². The lowest BCUT2D eigenvalue weighted by molar-refractivity contribution is 0.209. The minimum Gasteiger partial charge on any atom is -0.489 e. The maximum Gasteiger partial charge on any atom is 0.137 e. The van der Waals surface area contributed by atoms with Crippen molar-refractivity contribution in [3.05, 3.63) is 36.3 Å². The van der Waals surface area contributed by atoms with Gasteiger partial charge in [0.25, 0.3) is 0 Å². The highest BCUT2D eigenvalue weighted by molar-refractivity contribution is 5.63. The highest BCUT2D eigenvalue weighted by Crippen LogP contribution is 2.29. The zero-order valence-corrected chi connectivity index (χ0v) is 10.6. The van der Waals surface area contributed by atoms with Crippen LogP contribution in [0, 0.1) is 11.3 Å². The van der Waals surface area contributed by atoms with Crippen molar-refractivity contribution in [3.63, 3.8) is 0 Å². The van der Waals surface area contributed by atoms with Crippen molar-refractivity contribution in [1.82, 2.24) is 9.97 Å². The first-order valence-corrected chi connectivity index (χ1v) is 6.57. The number of H-pyrrole nitrogens is 1. The van der Waals surface area contributed by atoms with Crippen molar-refractivity contribution in [1.29, 1.82) is 5.26 Å². The Hall–Kier alpha value is -2.28. The van der Waals surface area contributed by atoms with Gasteiger partial charge in [-0.3, -0.25) is 0 Å². The van der Waals surface area contributed by atoms with Gasteiger partial charge in [-0.25, -0.2) is 4.98 Å². The van der Waals surface area contributed by atoms with E-state index in [1.807, 2.05) is 24.4 Å².